The van der Waals surface area contributed by atoms with Gasteiger partial charge < -0.3 is 14.2 Å². The Bertz CT molecular complexity index is 1010. The summed E-state index contributed by atoms with van der Waals surface area (Å²) >= 11 is 0. The summed E-state index contributed by atoms with van der Waals surface area (Å²) < 4.78 is 16.9. The lowest BCUT2D eigenvalue weighted by atomic mass is 10.1. The van der Waals surface area contributed by atoms with Crippen LogP contribution < -0.4 is 9.47 Å². The molecule has 5 heteroatoms. The van der Waals surface area contributed by atoms with E-state index in [1.54, 1.807) is 37.3 Å². The van der Waals surface area contributed by atoms with Gasteiger partial charge in [-0.2, -0.15) is 0 Å². The van der Waals surface area contributed by atoms with E-state index < -0.39 is 5.97 Å². The topological polar surface area (TPSA) is 61.8 Å². The Morgan fingerprint density at radius 1 is 0.725 bits per heavy atom. The van der Waals surface area contributed by atoms with Crippen molar-refractivity contribution in [2.75, 3.05) is 6.61 Å². The highest BCUT2D eigenvalue weighted by molar-refractivity contribution is 5.93. The summed E-state index contributed by atoms with van der Waals surface area (Å²) in [6, 6.07) is 14.1. The predicted octanol–water partition coefficient (Wildman–Crippen LogP) is 9.73. The van der Waals surface area contributed by atoms with E-state index in [1.807, 2.05) is 31.2 Å². The van der Waals surface area contributed by atoms with E-state index in [9.17, 15) is 9.59 Å². The summed E-state index contributed by atoms with van der Waals surface area (Å²) in [5.41, 5.74) is 1.84. The molecule has 0 aliphatic rings. The summed E-state index contributed by atoms with van der Waals surface area (Å²) in [4.78, 5) is 25.0. The summed E-state index contributed by atoms with van der Waals surface area (Å²) in [5, 5.41) is 0. The number of unbranched alkanes of at least 4 members (excludes halogenated alkanes) is 10. The largest absolute Gasteiger partial charge is 0.494 e. The molecule has 1 atom stereocenters. The molecule has 0 saturated heterocycles. The lowest BCUT2D eigenvalue weighted by Crippen LogP contribution is -2.15. The van der Waals surface area contributed by atoms with Crippen LogP contribution in [0.1, 0.15) is 127 Å². The van der Waals surface area contributed by atoms with Crippen LogP contribution >= 0.6 is 0 Å². The average Bonchev–Trinajstić information content (AvgIpc) is 2.95. The van der Waals surface area contributed by atoms with Gasteiger partial charge in [-0.1, -0.05) is 90.2 Å². The molecule has 0 radical (unpaired) electrons. The Morgan fingerprint density at radius 3 is 1.90 bits per heavy atom. The zero-order chi connectivity index (χ0) is 29.0. The van der Waals surface area contributed by atoms with Gasteiger partial charge >= 0.3 is 11.9 Å². The van der Waals surface area contributed by atoms with E-state index in [-0.39, 0.29) is 12.1 Å². The zero-order valence-electron chi connectivity index (χ0n) is 25.2. The predicted molar refractivity (Wildman–Crippen MR) is 164 cm³/mol. The number of rotatable bonds is 20. The van der Waals surface area contributed by atoms with Gasteiger partial charge in [0.05, 0.1) is 18.3 Å². The number of esters is 2. The first-order valence-corrected chi connectivity index (χ1v) is 15.4. The molecule has 1 unspecified atom stereocenters. The molecule has 0 fully saturated rings. The van der Waals surface area contributed by atoms with Crippen molar-refractivity contribution < 1.29 is 23.8 Å². The van der Waals surface area contributed by atoms with E-state index in [1.165, 1.54) is 64.2 Å². The fourth-order valence-electron chi connectivity index (χ4n) is 4.41. The molecule has 0 bridgehead atoms. The van der Waals surface area contributed by atoms with Crippen LogP contribution in [0.5, 0.6) is 11.5 Å². The fourth-order valence-corrected chi connectivity index (χ4v) is 4.41. The second-order valence-electron chi connectivity index (χ2n) is 10.7. The maximum absolute atomic E-state index is 12.6. The highest BCUT2D eigenvalue weighted by atomic mass is 16.5. The normalized spacial score (nSPS) is 12.2. The van der Waals surface area contributed by atoms with Crippen molar-refractivity contribution in [2.45, 2.75) is 117 Å². The molecule has 0 amide bonds. The fraction of sp³-hybridized carbons (Fsp3) is 0.543. The molecule has 5 nitrogen and oxygen atoms in total. The van der Waals surface area contributed by atoms with E-state index in [0.717, 1.165) is 30.6 Å². The van der Waals surface area contributed by atoms with E-state index in [2.05, 4.69) is 13.8 Å². The summed E-state index contributed by atoms with van der Waals surface area (Å²) in [6.45, 7) is 8.81. The van der Waals surface area contributed by atoms with Crippen molar-refractivity contribution >= 4 is 18.0 Å². The molecule has 0 aromatic heterocycles. The molecule has 220 valence electrons. The molecule has 0 N–H and O–H groups in total. The number of hydrogen-bond donors (Lipinski definition) is 0. The van der Waals surface area contributed by atoms with Crippen LogP contribution in [0.4, 0.5) is 0 Å². The molecule has 2 aromatic rings. The third-order valence-corrected chi connectivity index (χ3v) is 6.92. The second-order valence-corrected chi connectivity index (χ2v) is 10.7. The second kappa shape index (κ2) is 19.9. The third-order valence-electron chi connectivity index (χ3n) is 6.92. The van der Waals surface area contributed by atoms with Crippen LogP contribution in [0.25, 0.3) is 6.08 Å². The van der Waals surface area contributed by atoms with Crippen LogP contribution in [0.15, 0.2) is 54.1 Å². The molecule has 0 aliphatic heterocycles. The molecule has 40 heavy (non-hydrogen) atoms. The van der Waals surface area contributed by atoms with Crippen LogP contribution in [-0.4, -0.2) is 24.6 Å². The van der Waals surface area contributed by atoms with Crippen LogP contribution in [-0.2, 0) is 9.53 Å². The highest BCUT2D eigenvalue weighted by Gasteiger charge is 2.12. The van der Waals surface area contributed by atoms with Gasteiger partial charge in [-0.25, -0.2) is 9.59 Å². The molecule has 0 saturated carbocycles. The van der Waals surface area contributed by atoms with Gasteiger partial charge in [-0.05, 0) is 81.1 Å². The molecule has 0 spiro atoms. The standard InChI is InChI=1S/C35H50O5/c1-5-7-9-11-12-13-14-16-26-38-32-24-20-31(21-25-32)35(37)40-33-22-18-30(19-23-33)27-28(3)34(36)39-29(4)17-15-10-8-6-2/h18-25,27,29H,5-17,26H2,1-4H3. The van der Waals surface area contributed by atoms with Gasteiger partial charge in [0.15, 0.2) is 0 Å². The quantitative estimate of drug-likeness (QED) is 0.0710. The number of ether oxygens (including phenoxy) is 3. The monoisotopic (exact) mass is 550 g/mol. The maximum atomic E-state index is 12.6. The van der Waals surface area contributed by atoms with E-state index in [4.69, 9.17) is 14.2 Å². The number of carbonyl (C=O) groups is 2. The smallest absolute Gasteiger partial charge is 0.343 e. The SMILES string of the molecule is CCCCCCCCCCOc1ccc(C(=O)Oc2ccc(C=C(C)C(=O)OC(C)CCCCCC)cc2)cc1. The van der Waals surface area contributed by atoms with Gasteiger partial charge in [0.2, 0.25) is 0 Å². The summed E-state index contributed by atoms with van der Waals surface area (Å²) in [5.74, 6) is 0.475. The Labute approximate surface area is 242 Å². The Kier molecular flexibility index (Phi) is 16.5. The molecular weight excluding hydrogens is 500 g/mol. The Morgan fingerprint density at radius 2 is 1.27 bits per heavy atom. The van der Waals surface area contributed by atoms with Crippen molar-refractivity contribution in [3.8, 4) is 11.5 Å². The minimum atomic E-state index is -0.425. The van der Waals surface area contributed by atoms with Gasteiger partial charge in [0.25, 0.3) is 0 Å². The molecule has 2 rings (SSSR count). The third kappa shape index (κ3) is 13.8. The van der Waals surface area contributed by atoms with Crippen LogP contribution in [0.2, 0.25) is 0 Å². The first kappa shape index (κ1) is 33.1. The van der Waals surface area contributed by atoms with E-state index in [0.29, 0.717) is 23.5 Å². The summed E-state index contributed by atoms with van der Waals surface area (Å²) in [7, 11) is 0. The van der Waals surface area contributed by atoms with E-state index >= 15 is 0 Å². The van der Waals surface area contributed by atoms with Crippen molar-refractivity contribution in [3.05, 3.63) is 65.2 Å². The van der Waals surface area contributed by atoms with Gasteiger partial charge in [0.1, 0.15) is 11.5 Å². The van der Waals surface area contributed by atoms with Gasteiger partial charge in [-0.15, -0.1) is 0 Å². The number of carbonyl (C=O) groups excluding carboxylic acids is 2. The first-order chi connectivity index (χ1) is 19.4. The first-order valence-electron chi connectivity index (χ1n) is 15.4. The zero-order valence-corrected chi connectivity index (χ0v) is 25.2. The average molecular weight is 551 g/mol. The minimum Gasteiger partial charge on any atom is -0.494 e. The Balaban J connectivity index is 1.73. The summed E-state index contributed by atoms with van der Waals surface area (Å²) in [6.07, 6.45) is 17.3. The van der Waals surface area contributed by atoms with Crippen molar-refractivity contribution in [1.29, 1.82) is 0 Å². The van der Waals surface area contributed by atoms with Gasteiger partial charge in [-0.3, -0.25) is 0 Å². The van der Waals surface area contributed by atoms with Crippen LogP contribution in [0.3, 0.4) is 0 Å². The molecule has 0 heterocycles. The number of benzene rings is 2. The van der Waals surface area contributed by atoms with Crippen LogP contribution in [0, 0.1) is 0 Å². The number of hydrogen-bond acceptors (Lipinski definition) is 5. The minimum absolute atomic E-state index is 0.0926. The van der Waals surface area contributed by atoms with Crippen molar-refractivity contribution in [3.63, 3.8) is 0 Å². The maximum Gasteiger partial charge on any atom is 0.343 e. The van der Waals surface area contributed by atoms with Gasteiger partial charge in [0, 0.05) is 5.57 Å². The van der Waals surface area contributed by atoms with Crippen molar-refractivity contribution in [2.24, 2.45) is 0 Å². The Hall–Kier alpha value is -3.08. The molecule has 0 aliphatic carbocycles. The lowest BCUT2D eigenvalue weighted by Gasteiger charge is -2.13. The molecular formula is C35H50O5. The highest BCUT2D eigenvalue weighted by Crippen LogP contribution is 2.19. The van der Waals surface area contributed by atoms with Crippen molar-refractivity contribution in [1.82, 2.24) is 0 Å². The lowest BCUT2D eigenvalue weighted by molar-refractivity contribution is -0.143. The molecule has 2 aromatic carbocycles.